The fourth-order valence-corrected chi connectivity index (χ4v) is 0.890. The Balaban J connectivity index is 3.51. The highest BCUT2D eigenvalue weighted by molar-refractivity contribution is 4.91. The van der Waals surface area contributed by atoms with E-state index in [4.69, 9.17) is 0 Å². The van der Waals surface area contributed by atoms with Crippen LogP contribution in [0, 0.1) is 5.92 Å². The van der Waals surface area contributed by atoms with E-state index in [9.17, 15) is 0 Å². The third kappa shape index (κ3) is 5.02. The Bertz CT molecular complexity index is 118. The second-order valence-corrected chi connectivity index (χ2v) is 3.51. The zero-order chi connectivity index (χ0) is 8.85. The molecule has 0 aromatic heterocycles. The van der Waals surface area contributed by atoms with Gasteiger partial charge in [0.2, 0.25) is 0 Å². The fourth-order valence-electron chi connectivity index (χ4n) is 0.890. The van der Waals surface area contributed by atoms with Gasteiger partial charge in [-0.2, -0.15) is 0 Å². The van der Waals surface area contributed by atoms with Gasteiger partial charge < -0.3 is 5.32 Å². The van der Waals surface area contributed by atoms with E-state index in [0.29, 0.717) is 6.04 Å². The number of nitrogens with one attached hydrogen (secondary N) is 1. The average Bonchev–Trinajstić information content (AvgIpc) is 1.98. The molecule has 0 amide bonds. The monoisotopic (exact) mass is 155 g/mol. The summed E-state index contributed by atoms with van der Waals surface area (Å²) in [4.78, 5) is 0. The first-order valence-corrected chi connectivity index (χ1v) is 4.45. The summed E-state index contributed by atoms with van der Waals surface area (Å²) >= 11 is 0. The van der Waals surface area contributed by atoms with Gasteiger partial charge in [0.25, 0.3) is 0 Å². The molecule has 0 saturated heterocycles. The van der Waals surface area contributed by atoms with Crippen LogP contribution in [0.3, 0.4) is 0 Å². The lowest BCUT2D eigenvalue weighted by Crippen LogP contribution is -2.32. The minimum Gasteiger partial charge on any atom is -0.310 e. The zero-order valence-electron chi connectivity index (χ0n) is 8.28. The maximum atomic E-state index is 3.85. The average molecular weight is 155 g/mol. The minimum atomic E-state index is 0.608. The lowest BCUT2D eigenvalue weighted by molar-refractivity contribution is 0.401. The quantitative estimate of drug-likeness (QED) is 0.602. The third-order valence-electron chi connectivity index (χ3n) is 2.22. The molecule has 0 spiro atoms. The molecule has 11 heavy (non-hydrogen) atoms. The standard InChI is InChI=1S/C10H21N/c1-6-9(4)10(5)11-7-8(2)3/h9-11H,2,6-7H2,1,3-5H3/t9-,10-/m0/s1. The third-order valence-corrected chi connectivity index (χ3v) is 2.22. The highest BCUT2D eigenvalue weighted by Crippen LogP contribution is 2.06. The molecule has 1 nitrogen and oxygen atoms in total. The van der Waals surface area contributed by atoms with Gasteiger partial charge in [0.15, 0.2) is 0 Å². The summed E-state index contributed by atoms with van der Waals surface area (Å²) in [6.07, 6.45) is 1.24. The molecular weight excluding hydrogens is 134 g/mol. The van der Waals surface area contributed by atoms with Gasteiger partial charge in [-0.05, 0) is 19.8 Å². The fraction of sp³-hybridized carbons (Fsp3) is 0.800. The number of rotatable bonds is 5. The molecule has 0 aliphatic carbocycles. The van der Waals surface area contributed by atoms with Gasteiger partial charge in [0, 0.05) is 12.6 Å². The van der Waals surface area contributed by atoms with Crippen molar-refractivity contribution in [3.05, 3.63) is 12.2 Å². The molecule has 1 heteroatoms. The molecule has 0 aliphatic rings. The van der Waals surface area contributed by atoms with Crippen molar-refractivity contribution in [2.75, 3.05) is 6.54 Å². The van der Waals surface area contributed by atoms with Gasteiger partial charge in [0.05, 0.1) is 0 Å². The van der Waals surface area contributed by atoms with Crippen molar-refractivity contribution in [3.8, 4) is 0 Å². The molecule has 0 aliphatic heterocycles. The van der Waals surface area contributed by atoms with E-state index >= 15 is 0 Å². The van der Waals surface area contributed by atoms with Crippen LogP contribution in [0.4, 0.5) is 0 Å². The van der Waals surface area contributed by atoms with E-state index in [-0.39, 0.29) is 0 Å². The largest absolute Gasteiger partial charge is 0.310 e. The van der Waals surface area contributed by atoms with E-state index in [1.54, 1.807) is 0 Å². The number of hydrogen-bond acceptors (Lipinski definition) is 1. The Morgan fingerprint density at radius 2 is 2.00 bits per heavy atom. The summed E-state index contributed by atoms with van der Waals surface area (Å²) in [7, 11) is 0. The first kappa shape index (κ1) is 10.7. The molecule has 0 unspecified atom stereocenters. The second-order valence-electron chi connectivity index (χ2n) is 3.51. The summed E-state index contributed by atoms with van der Waals surface area (Å²) in [5.41, 5.74) is 1.21. The number of hydrogen-bond donors (Lipinski definition) is 1. The van der Waals surface area contributed by atoms with Crippen LogP contribution in [0.15, 0.2) is 12.2 Å². The van der Waals surface area contributed by atoms with Crippen molar-refractivity contribution in [1.82, 2.24) is 5.32 Å². The molecule has 0 saturated carbocycles. The van der Waals surface area contributed by atoms with Crippen LogP contribution in [-0.2, 0) is 0 Å². The second kappa shape index (κ2) is 5.36. The topological polar surface area (TPSA) is 12.0 Å². The Morgan fingerprint density at radius 3 is 2.36 bits per heavy atom. The van der Waals surface area contributed by atoms with Gasteiger partial charge in [0.1, 0.15) is 0 Å². The first-order valence-electron chi connectivity index (χ1n) is 4.45. The summed E-state index contributed by atoms with van der Waals surface area (Å²) in [5, 5.41) is 3.43. The van der Waals surface area contributed by atoms with E-state index in [1.807, 2.05) is 0 Å². The van der Waals surface area contributed by atoms with Gasteiger partial charge in [-0.25, -0.2) is 0 Å². The summed E-state index contributed by atoms with van der Waals surface area (Å²) in [6.45, 7) is 13.6. The molecule has 2 atom stereocenters. The zero-order valence-corrected chi connectivity index (χ0v) is 8.28. The summed E-state index contributed by atoms with van der Waals surface area (Å²) in [6, 6.07) is 0.608. The van der Waals surface area contributed by atoms with Crippen LogP contribution in [0.1, 0.15) is 34.1 Å². The van der Waals surface area contributed by atoms with E-state index in [2.05, 4.69) is 39.6 Å². The maximum Gasteiger partial charge on any atom is 0.0161 e. The molecule has 0 radical (unpaired) electrons. The predicted molar refractivity (Wildman–Crippen MR) is 51.7 cm³/mol. The Hall–Kier alpha value is -0.300. The van der Waals surface area contributed by atoms with Crippen molar-refractivity contribution < 1.29 is 0 Å². The molecule has 66 valence electrons. The molecule has 1 N–H and O–H groups in total. The molecule has 0 aromatic rings. The van der Waals surface area contributed by atoms with Crippen LogP contribution in [0.5, 0.6) is 0 Å². The smallest absolute Gasteiger partial charge is 0.0161 e. The Morgan fingerprint density at radius 1 is 1.45 bits per heavy atom. The summed E-state index contributed by atoms with van der Waals surface area (Å²) < 4.78 is 0. The summed E-state index contributed by atoms with van der Waals surface area (Å²) in [5.74, 6) is 0.759. The lowest BCUT2D eigenvalue weighted by atomic mass is 10.0. The predicted octanol–water partition coefficient (Wildman–Crippen LogP) is 2.59. The van der Waals surface area contributed by atoms with Gasteiger partial charge in [-0.3, -0.25) is 0 Å². The molecule has 0 fully saturated rings. The highest BCUT2D eigenvalue weighted by atomic mass is 14.9. The molecule has 0 aromatic carbocycles. The first-order chi connectivity index (χ1) is 5.07. The molecule has 0 rings (SSSR count). The Kier molecular flexibility index (Phi) is 5.22. The lowest BCUT2D eigenvalue weighted by Gasteiger charge is -2.19. The highest BCUT2D eigenvalue weighted by Gasteiger charge is 2.07. The van der Waals surface area contributed by atoms with Crippen LogP contribution in [0.25, 0.3) is 0 Å². The SMILES string of the molecule is C=C(C)CN[C@@H](C)[C@@H](C)CC. The van der Waals surface area contributed by atoms with Crippen LogP contribution in [-0.4, -0.2) is 12.6 Å². The van der Waals surface area contributed by atoms with Crippen molar-refractivity contribution in [1.29, 1.82) is 0 Å². The van der Waals surface area contributed by atoms with Gasteiger partial charge in [-0.15, -0.1) is 0 Å². The van der Waals surface area contributed by atoms with Crippen LogP contribution >= 0.6 is 0 Å². The van der Waals surface area contributed by atoms with E-state index < -0.39 is 0 Å². The normalized spacial score (nSPS) is 16.0. The van der Waals surface area contributed by atoms with Crippen molar-refractivity contribution in [2.45, 2.75) is 40.2 Å². The van der Waals surface area contributed by atoms with Crippen molar-refractivity contribution >= 4 is 0 Å². The van der Waals surface area contributed by atoms with E-state index in [0.717, 1.165) is 12.5 Å². The molecule has 0 heterocycles. The van der Waals surface area contributed by atoms with Crippen molar-refractivity contribution in [2.24, 2.45) is 5.92 Å². The molecular formula is C10H21N. The van der Waals surface area contributed by atoms with Gasteiger partial charge >= 0.3 is 0 Å². The van der Waals surface area contributed by atoms with Crippen LogP contribution < -0.4 is 5.32 Å². The minimum absolute atomic E-state index is 0.608. The maximum absolute atomic E-state index is 3.85. The van der Waals surface area contributed by atoms with Crippen LogP contribution in [0.2, 0.25) is 0 Å². The van der Waals surface area contributed by atoms with E-state index in [1.165, 1.54) is 12.0 Å². The van der Waals surface area contributed by atoms with Gasteiger partial charge in [-0.1, -0.05) is 32.4 Å². The molecule has 0 bridgehead atoms. The van der Waals surface area contributed by atoms with Crippen molar-refractivity contribution in [3.63, 3.8) is 0 Å². The Labute approximate surface area is 70.9 Å².